The van der Waals surface area contributed by atoms with E-state index >= 15 is 0 Å². The number of carbonyl (C=O) groups excluding carboxylic acids is 2. The predicted molar refractivity (Wildman–Crippen MR) is 137 cm³/mol. The van der Waals surface area contributed by atoms with Crippen molar-refractivity contribution in [2.45, 2.75) is 52.5 Å². The first-order valence-corrected chi connectivity index (χ1v) is 13.7. The highest BCUT2D eigenvalue weighted by atomic mass is 32.2. The van der Waals surface area contributed by atoms with Crippen molar-refractivity contribution in [2.75, 3.05) is 30.2 Å². The molecule has 7 nitrogen and oxygen atoms in total. The Kier molecular flexibility index (Phi) is 10.6. The van der Waals surface area contributed by atoms with Crippen molar-refractivity contribution in [1.82, 2.24) is 10.2 Å². The van der Waals surface area contributed by atoms with Gasteiger partial charge in [0.2, 0.25) is 21.8 Å². The zero-order valence-electron chi connectivity index (χ0n) is 20.7. The fourth-order valence-corrected chi connectivity index (χ4v) is 4.76. The zero-order valence-corrected chi connectivity index (χ0v) is 21.5. The van der Waals surface area contributed by atoms with Crippen molar-refractivity contribution in [1.29, 1.82) is 0 Å². The van der Waals surface area contributed by atoms with Crippen LogP contribution in [0.5, 0.6) is 0 Å². The minimum Gasteiger partial charge on any atom is -0.355 e. The first-order valence-electron chi connectivity index (χ1n) is 11.8. The second-order valence-electron chi connectivity index (χ2n) is 8.35. The molecule has 0 spiro atoms. The van der Waals surface area contributed by atoms with E-state index in [0.29, 0.717) is 31.6 Å². The van der Waals surface area contributed by atoms with Crippen LogP contribution in [0.15, 0.2) is 54.6 Å². The third kappa shape index (κ3) is 8.17. The number of nitrogens with zero attached hydrogens (tertiary/aromatic N) is 2. The number of hydrogen-bond acceptors (Lipinski definition) is 4. The van der Waals surface area contributed by atoms with Crippen molar-refractivity contribution < 1.29 is 18.0 Å². The summed E-state index contributed by atoms with van der Waals surface area (Å²) in [6.07, 6.45) is 3.18. The molecule has 0 aliphatic carbocycles. The quantitative estimate of drug-likeness (QED) is 0.469. The van der Waals surface area contributed by atoms with Crippen LogP contribution < -0.4 is 9.62 Å². The number of rotatable bonds is 13. The van der Waals surface area contributed by atoms with Gasteiger partial charge in [0.25, 0.3) is 0 Å². The number of anilines is 1. The topological polar surface area (TPSA) is 86.8 Å². The van der Waals surface area contributed by atoms with Crippen molar-refractivity contribution in [3.63, 3.8) is 0 Å². The minimum atomic E-state index is -3.49. The van der Waals surface area contributed by atoms with E-state index in [2.05, 4.69) is 5.32 Å². The van der Waals surface area contributed by atoms with Crippen LogP contribution in [0, 0.1) is 0 Å². The predicted octanol–water partition coefficient (Wildman–Crippen LogP) is 3.39. The Balaban J connectivity index is 2.08. The Morgan fingerprint density at radius 1 is 0.941 bits per heavy atom. The SMILES string of the molecule is CCNC(=O)[C@H](C)N(CCc1ccccc1)C(=O)CCCN(c1ccc(CC)cc1)S(C)(=O)=O. The Bertz CT molecular complexity index is 1020. The number of amides is 2. The van der Waals surface area contributed by atoms with Gasteiger partial charge in [-0.05, 0) is 56.4 Å². The lowest BCUT2D eigenvalue weighted by molar-refractivity contribution is -0.139. The molecule has 2 rings (SSSR count). The maximum Gasteiger partial charge on any atom is 0.242 e. The van der Waals surface area contributed by atoms with Gasteiger partial charge in [-0.25, -0.2) is 8.42 Å². The van der Waals surface area contributed by atoms with Gasteiger partial charge in [0, 0.05) is 26.1 Å². The Hall–Kier alpha value is -2.87. The summed E-state index contributed by atoms with van der Waals surface area (Å²) in [5, 5.41) is 2.78. The maximum absolute atomic E-state index is 13.1. The maximum atomic E-state index is 13.1. The van der Waals surface area contributed by atoms with E-state index < -0.39 is 16.1 Å². The number of aryl methyl sites for hydroxylation is 1. The molecule has 34 heavy (non-hydrogen) atoms. The van der Waals surface area contributed by atoms with Gasteiger partial charge in [0.15, 0.2) is 0 Å². The molecular formula is C26H37N3O4S. The summed E-state index contributed by atoms with van der Waals surface area (Å²) >= 11 is 0. The highest BCUT2D eigenvalue weighted by Crippen LogP contribution is 2.20. The summed E-state index contributed by atoms with van der Waals surface area (Å²) in [4.78, 5) is 27.2. The molecule has 186 valence electrons. The second kappa shape index (κ2) is 13.1. The van der Waals surface area contributed by atoms with Crippen LogP contribution in [0.4, 0.5) is 5.69 Å². The number of sulfonamides is 1. The molecule has 0 radical (unpaired) electrons. The summed E-state index contributed by atoms with van der Waals surface area (Å²) in [6, 6.07) is 16.6. The van der Waals surface area contributed by atoms with Gasteiger partial charge in [-0.1, -0.05) is 49.4 Å². The van der Waals surface area contributed by atoms with Crippen LogP contribution >= 0.6 is 0 Å². The first-order chi connectivity index (χ1) is 16.2. The highest BCUT2D eigenvalue weighted by Gasteiger charge is 2.26. The van der Waals surface area contributed by atoms with Gasteiger partial charge in [0.1, 0.15) is 6.04 Å². The van der Waals surface area contributed by atoms with E-state index in [9.17, 15) is 18.0 Å². The molecule has 1 atom stereocenters. The third-order valence-corrected chi connectivity index (χ3v) is 6.98. The van der Waals surface area contributed by atoms with Crippen LogP contribution in [-0.2, 0) is 32.5 Å². The van der Waals surface area contributed by atoms with E-state index in [0.717, 1.165) is 17.5 Å². The summed E-state index contributed by atoms with van der Waals surface area (Å²) in [5.74, 6) is -0.359. The molecular weight excluding hydrogens is 450 g/mol. The van der Waals surface area contributed by atoms with Crippen molar-refractivity contribution in [3.8, 4) is 0 Å². The standard InChI is InChI=1S/C26H37N3O4S/c1-5-22-14-16-24(17-15-22)29(34(4,32)33)19-10-13-25(30)28(21(3)26(31)27-6-2)20-18-23-11-8-7-9-12-23/h7-9,11-12,14-17,21H,5-6,10,13,18-20H2,1-4H3,(H,27,31)/t21-/m0/s1. The first kappa shape index (κ1) is 27.4. The Morgan fingerprint density at radius 3 is 2.15 bits per heavy atom. The average molecular weight is 488 g/mol. The fourth-order valence-electron chi connectivity index (χ4n) is 3.79. The normalized spacial score (nSPS) is 12.1. The van der Waals surface area contributed by atoms with Gasteiger partial charge < -0.3 is 10.2 Å². The molecule has 0 heterocycles. The van der Waals surface area contributed by atoms with Gasteiger partial charge in [0.05, 0.1) is 11.9 Å². The van der Waals surface area contributed by atoms with E-state index in [-0.39, 0.29) is 24.8 Å². The number of benzene rings is 2. The summed E-state index contributed by atoms with van der Waals surface area (Å²) in [6.45, 7) is 6.71. The molecule has 0 aliphatic rings. The lowest BCUT2D eigenvalue weighted by atomic mass is 10.1. The molecule has 8 heteroatoms. The van der Waals surface area contributed by atoms with Gasteiger partial charge in [-0.15, -0.1) is 0 Å². The Morgan fingerprint density at radius 2 is 1.59 bits per heavy atom. The average Bonchev–Trinajstić information content (AvgIpc) is 2.82. The molecule has 2 amide bonds. The minimum absolute atomic E-state index is 0.150. The summed E-state index contributed by atoms with van der Waals surface area (Å²) < 4.78 is 26.1. The smallest absolute Gasteiger partial charge is 0.242 e. The molecule has 0 aromatic heterocycles. The van der Waals surface area contributed by atoms with Crippen molar-refractivity contribution >= 4 is 27.5 Å². The number of nitrogens with one attached hydrogen (secondary N) is 1. The molecule has 2 aromatic rings. The Labute approximate surface area is 204 Å². The molecule has 0 bridgehead atoms. The molecule has 0 saturated carbocycles. The fraction of sp³-hybridized carbons (Fsp3) is 0.462. The molecule has 0 saturated heterocycles. The van der Waals surface area contributed by atoms with Gasteiger partial charge >= 0.3 is 0 Å². The summed E-state index contributed by atoms with van der Waals surface area (Å²) in [5.41, 5.74) is 2.80. The van der Waals surface area contributed by atoms with Gasteiger partial charge in [-0.2, -0.15) is 0 Å². The number of likely N-dealkylation sites (N-methyl/N-ethyl adjacent to an activating group) is 1. The van der Waals surface area contributed by atoms with Crippen LogP contribution in [0.25, 0.3) is 0 Å². The third-order valence-electron chi connectivity index (χ3n) is 5.79. The van der Waals surface area contributed by atoms with E-state index in [1.807, 2.05) is 56.3 Å². The van der Waals surface area contributed by atoms with Crippen LogP contribution in [0.2, 0.25) is 0 Å². The molecule has 0 fully saturated rings. The van der Waals surface area contributed by atoms with Crippen LogP contribution in [-0.4, -0.2) is 57.1 Å². The molecule has 1 N–H and O–H groups in total. The van der Waals surface area contributed by atoms with Crippen LogP contribution in [0.3, 0.4) is 0 Å². The molecule has 2 aromatic carbocycles. The van der Waals surface area contributed by atoms with E-state index in [4.69, 9.17) is 0 Å². The largest absolute Gasteiger partial charge is 0.355 e. The van der Waals surface area contributed by atoms with Crippen molar-refractivity contribution in [3.05, 3.63) is 65.7 Å². The molecule has 0 unspecified atom stereocenters. The van der Waals surface area contributed by atoms with Crippen LogP contribution in [0.1, 0.15) is 44.7 Å². The monoisotopic (exact) mass is 487 g/mol. The number of carbonyl (C=O) groups is 2. The van der Waals surface area contributed by atoms with E-state index in [1.54, 1.807) is 24.0 Å². The molecule has 0 aliphatic heterocycles. The summed E-state index contributed by atoms with van der Waals surface area (Å²) in [7, 11) is -3.49. The number of hydrogen-bond donors (Lipinski definition) is 1. The van der Waals surface area contributed by atoms with Crippen molar-refractivity contribution in [2.24, 2.45) is 0 Å². The van der Waals surface area contributed by atoms with Gasteiger partial charge in [-0.3, -0.25) is 13.9 Å². The highest BCUT2D eigenvalue weighted by molar-refractivity contribution is 7.92. The van der Waals surface area contributed by atoms with E-state index in [1.165, 1.54) is 10.6 Å². The second-order valence-corrected chi connectivity index (χ2v) is 10.3. The zero-order chi connectivity index (χ0) is 25.1. The lowest BCUT2D eigenvalue weighted by Gasteiger charge is -2.29. The lowest BCUT2D eigenvalue weighted by Crippen LogP contribution is -2.48.